The molecule has 0 aliphatic carbocycles. The molecule has 0 bridgehead atoms. The number of hydrogen-bond acceptors (Lipinski definition) is 7. The Kier molecular flexibility index (Phi) is 12.6. The molecule has 0 radical (unpaired) electrons. The van der Waals surface area contributed by atoms with Gasteiger partial charge in [-0.25, -0.2) is 9.59 Å². The lowest BCUT2D eigenvalue weighted by Gasteiger charge is -2.33. The van der Waals surface area contributed by atoms with Gasteiger partial charge in [0.2, 0.25) is 0 Å². The zero-order valence-electron chi connectivity index (χ0n) is 17.2. The normalized spacial score (nSPS) is 15.8. The Morgan fingerprint density at radius 1 is 1.10 bits per heavy atom. The molecular formula is C16H25F6NO7S. The number of methoxy groups -OCH3 is 1. The van der Waals surface area contributed by atoms with E-state index in [1.54, 1.807) is 20.8 Å². The summed E-state index contributed by atoms with van der Waals surface area (Å²) in [6.07, 6.45) is 0.573. The first-order valence-corrected chi connectivity index (χ1v) is 9.97. The van der Waals surface area contributed by atoms with Crippen molar-refractivity contribution < 1.29 is 58.7 Å². The van der Waals surface area contributed by atoms with Crippen molar-refractivity contribution in [2.45, 2.75) is 51.1 Å². The summed E-state index contributed by atoms with van der Waals surface area (Å²) in [5.41, 5.74) is -6.29. The molecule has 31 heavy (non-hydrogen) atoms. The Bertz CT molecular complexity index is 711. The molecule has 1 heterocycles. The minimum Gasteiger partial charge on any atom is -0.466 e. The number of rotatable bonds is 5. The number of carbonyl (C=O) groups is 2. The van der Waals surface area contributed by atoms with Gasteiger partial charge in [0.25, 0.3) is 0 Å². The number of carbonyl (C=O) groups excluding carboxylic acids is 2. The smallest absolute Gasteiger partial charge is 0.466 e. The third-order valence-corrected chi connectivity index (χ3v) is 4.74. The van der Waals surface area contributed by atoms with Crippen LogP contribution in [0.25, 0.3) is 0 Å². The molecule has 1 aliphatic heterocycles. The molecule has 0 atom stereocenters. The molecule has 184 valence electrons. The third-order valence-electron chi connectivity index (χ3n) is 3.74. The summed E-state index contributed by atoms with van der Waals surface area (Å²) >= 11 is 0. The lowest BCUT2D eigenvalue weighted by molar-refractivity contribution is -0.135. The maximum atomic E-state index is 12.6. The van der Waals surface area contributed by atoms with Crippen molar-refractivity contribution in [2.24, 2.45) is 5.92 Å². The lowest BCUT2D eigenvalue weighted by Crippen LogP contribution is -2.41. The fourth-order valence-electron chi connectivity index (χ4n) is 2.43. The molecule has 15 heteroatoms. The molecule has 0 spiro atoms. The Labute approximate surface area is 175 Å². The van der Waals surface area contributed by atoms with Crippen LogP contribution < -0.4 is 0 Å². The number of amides is 1. The Morgan fingerprint density at radius 3 is 1.97 bits per heavy atom. The van der Waals surface area contributed by atoms with E-state index in [1.807, 2.05) is 0 Å². The lowest BCUT2D eigenvalue weighted by atomic mass is 9.93. The minimum absolute atomic E-state index is 0. The predicted molar refractivity (Wildman–Crippen MR) is 96.0 cm³/mol. The van der Waals surface area contributed by atoms with Crippen LogP contribution in [0.1, 0.15) is 40.0 Å². The van der Waals surface area contributed by atoms with E-state index < -0.39 is 39.0 Å². The number of ether oxygens (including phenoxy) is 2. The molecule has 0 aromatic heterocycles. The standard InChI is InChI=1S/C16H24F3NO7S.F2.FH/c1-15(2,3)26-14(22)20-7-5-11(6-8-20)9-12(10-13(21)25-4)27-28(23,24)16(17,18)19;1-2;/h10-11H,5-9H2,1-4H3;;1H/b12-10-;;. The minimum atomic E-state index is -5.91. The number of allylic oxidation sites excluding steroid dienone is 1. The fourth-order valence-corrected chi connectivity index (χ4v) is 2.92. The van der Waals surface area contributed by atoms with Crippen molar-refractivity contribution in [2.75, 3.05) is 20.2 Å². The van der Waals surface area contributed by atoms with Crippen molar-refractivity contribution in [1.82, 2.24) is 4.90 Å². The van der Waals surface area contributed by atoms with Gasteiger partial charge in [0.15, 0.2) is 0 Å². The van der Waals surface area contributed by atoms with E-state index in [0.29, 0.717) is 18.9 Å². The van der Waals surface area contributed by atoms with Crippen molar-refractivity contribution in [3.63, 3.8) is 0 Å². The van der Waals surface area contributed by atoms with E-state index >= 15 is 0 Å². The van der Waals surface area contributed by atoms with Gasteiger partial charge in [0.05, 0.1) is 13.2 Å². The quantitative estimate of drug-likeness (QED) is 0.144. The van der Waals surface area contributed by atoms with Crippen molar-refractivity contribution in [3.8, 4) is 0 Å². The first-order valence-electron chi connectivity index (χ1n) is 8.56. The average Bonchev–Trinajstić information content (AvgIpc) is 2.61. The van der Waals surface area contributed by atoms with Crippen LogP contribution in [-0.2, 0) is 28.6 Å². The first-order chi connectivity index (χ1) is 13.6. The predicted octanol–water partition coefficient (Wildman–Crippen LogP) is 3.94. The summed E-state index contributed by atoms with van der Waals surface area (Å²) in [5.74, 6) is -2.00. The van der Waals surface area contributed by atoms with Crippen LogP contribution in [0.4, 0.5) is 31.8 Å². The summed E-state index contributed by atoms with van der Waals surface area (Å²) in [5, 5.41) is 0. The van der Waals surface area contributed by atoms with Gasteiger partial charge in [0, 0.05) is 28.7 Å². The summed E-state index contributed by atoms with van der Waals surface area (Å²) in [6.45, 7) is 5.72. The molecule has 1 fully saturated rings. The van der Waals surface area contributed by atoms with E-state index in [9.17, 15) is 31.2 Å². The van der Waals surface area contributed by atoms with E-state index in [2.05, 4.69) is 8.92 Å². The summed E-state index contributed by atoms with van der Waals surface area (Å²) in [4.78, 5) is 24.8. The molecule has 8 nitrogen and oxygen atoms in total. The molecule has 1 saturated heterocycles. The van der Waals surface area contributed by atoms with Crippen LogP contribution in [0.3, 0.4) is 0 Å². The van der Waals surface area contributed by atoms with E-state index in [1.165, 1.54) is 4.90 Å². The molecule has 0 saturated carbocycles. The molecule has 1 amide bonds. The summed E-state index contributed by atoms with van der Waals surface area (Å²) in [7, 11) is -4.91. The van der Waals surface area contributed by atoms with Gasteiger partial charge in [-0.1, -0.05) is 0 Å². The molecule has 0 unspecified atom stereocenters. The SMILES string of the molecule is COC(=O)/C=C(/CC1CCN(C(=O)OC(C)(C)C)CC1)OS(=O)(=O)C(F)(F)F.F.FF. The largest absolute Gasteiger partial charge is 0.534 e. The summed E-state index contributed by atoms with van der Waals surface area (Å²) < 4.78 is 89.8. The van der Waals surface area contributed by atoms with Crippen LogP contribution in [0.2, 0.25) is 0 Å². The third kappa shape index (κ3) is 11.1. The number of alkyl halides is 3. The Balaban J connectivity index is 0. The van der Waals surface area contributed by atoms with Gasteiger partial charge in [-0.2, -0.15) is 21.6 Å². The Hall–Kier alpha value is -2.19. The Morgan fingerprint density at radius 2 is 1.58 bits per heavy atom. The molecule has 1 rings (SSSR count). The zero-order valence-corrected chi connectivity index (χ0v) is 18.0. The number of piperidine rings is 1. The average molecular weight is 489 g/mol. The number of esters is 1. The maximum Gasteiger partial charge on any atom is 0.534 e. The highest BCUT2D eigenvalue weighted by Gasteiger charge is 2.49. The van der Waals surface area contributed by atoms with Gasteiger partial charge in [-0.3, -0.25) is 4.70 Å². The molecule has 0 aromatic rings. The van der Waals surface area contributed by atoms with Crippen molar-refractivity contribution >= 4 is 22.2 Å². The second-order valence-electron chi connectivity index (χ2n) is 7.23. The monoisotopic (exact) mass is 489 g/mol. The number of nitrogens with zero attached hydrogens (tertiary/aromatic N) is 1. The van der Waals surface area contributed by atoms with Gasteiger partial charge in [0.1, 0.15) is 11.4 Å². The van der Waals surface area contributed by atoms with Crippen LogP contribution in [0.15, 0.2) is 11.8 Å². The van der Waals surface area contributed by atoms with E-state index in [4.69, 9.17) is 13.9 Å². The second-order valence-corrected chi connectivity index (χ2v) is 8.77. The molecule has 0 N–H and O–H groups in total. The van der Waals surface area contributed by atoms with Gasteiger partial charge in [-0.05, 0) is 39.5 Å². The van der Waals surface area contributed by atoms with E-state index in [0.717, 1.165) is 7.11 Å². The van der Waals surface area contributed by atoms with Crippen LogP contribution in [0.5, 0.6) is 0 Å². The second kappa shape index (κ2) is 12.6. The molecular weight excluding hydrogens is 464 g/mol. The number of hydrogen-bond donors (Lipinski definition) is 0. The van der Waals surface area contributed by atoms with Crippen LogP contribution >= 0.6 is 0 Å². The highest BCUT2D eigenvalue weighted by Crippen LogP contribution is 2.31. The summed E-state index contributed by atoms with van der Waals surface area (Å²) in [6, 6.07) is 0. The van der Waals surface area contributed by atoms with Crippen LogP contribution in [0, 0.1) is 5.92 Å². The van der Waals surface area contributed by atoms with Gasteiger partial charge >= 0.3 is 27.7 Å². The van der Waals surface area contributed by atoms with Crippen molar-refractivity contribution in [1.29, 1.82) is 0 Å². The maximum absolute atomic E-state index is 12.6. The highest BCUT2D eigenvalue weighted by molar-refractivity contribution is 7.87. The fraction of sp³-hybridized carbons (Fsp3) is 0.750. The topological polar surface area (TPSA) is 99.2 Å². The molecule has 1 aliphatic rings. The number of halogens is 6. The zero-order chi connectivity index (χ0) is 23.8. The van der Waals surface area contributed by atoms with Gasteiger partial charge < -0.3 is 18.6 Å². The van der Waals surface area contributed by atoms with E-state index in [-0.39, 0.29) is 30.1 Å². The number of likely N-dealkylation sites (tertiary alicyclic amines) is 1. The first kappa shape index (κ1) is 31.0. The molecule has 0 aromatic carbocycles. The van der Waals surface area contributed by atoms with Gasteiger partial charge in [-0.15, -0.1) is 0 Å². The van der Waals surface area contributed by atoms with Crippen molar-refractivity contribution in [3.05, 3.63) is 11.8 Å². The van der Waals surface area contributed by atoms with Crippen LogP contribution in [-0.4, -0.2) is 56.7 Å². The highest BCUT2D eigenvalue weighted by atomic mass is 32.2.